The molecule has 0 fully saturated rings. The molecule has 1 atom stereocenters. The van der Waals surface area contributed by atoms with Gasteiger partial charge in [-0.05, 0) is 20.3 Å². The number of nitrogens with zero attached hydrogens (tertiary/aromatic N) is 2. The van der Waals surface area contributed by atoms with Crippen LogP contribution in [0.15, 0.2) is 12.4 Å². The number of aromatic nitrogens is 2. The van der Waals surface area contributed by atoms with Crippen LogP contribution in [0.5, 0.6) is 0 Å². The molecule has 0 saturated heterocycles. The van der Waals surface area contributed by atoms with E-state index in [2.05, 4.69) is 10.4 Å². The second-order valence-electron chi connectivity index (χ2n) is 5.22. The van der Waals surface area contributed by atoms with E-state index in [4.69, 9.17) is 5.11 Å². The Balaban J connectivity index is 2.76. The van der Waals surface area contributed by atoms with E-state index in [-0.39, 0.29) is 11.8 Å². The van der Waals surface area contributed by atoms with Crippen LogP contribution < -0.4 is 5.32 Å². The van der Waals surface area contributed by atoms with Crippen LogP contribution in [0.3, 0.4) is 0 Å². The molecule has 1 amide bonds. The third-order valence-electron chi connectivity index (χ3n) is 3.12. The largest absolute Gasteiger partial charge is 0.479 e. The highest BCUT2D eigenvalue weighted by atomic mass is 16.4. The first-order valence-corrected chi connectivity index (χ1v) is 6.38. The van der Waals surface area contributed by atoms with Gasteiger partial charge < -0.3 is 10.4 Å². The van der Waals surface area contributed by atoms with Crippen molar-refractivity contribution in [2.45, 2.75) is 46.1 Å². The molecule has 0 aliphatic carbocycles. The summed E-state index contributed by atoms with van der Waals surface area (Å²) in [5.41, 5.74) is -0.625. The number of nitrogens with one attached hydrogen (secondary N) is 1. The molecule has 0 aliphatic heterocycles. The van der Waals surface area contributed by atoms with E-state index in [9.17, 15) is 9.59 Å². The van der Waals surface area contributed by atoms with E-state index >= 15 is 0 Å². The molecule has 2 N–H and O–H groups in total. The summed E-state index contributed by atoms with van der Waals surface area (Å²) in [4.78, 5) is 22.9. The van der Waals surface area contributed by atoms with E-state index in [1.54, 1.807) is 13.8 Å². The lowest BCUT2D eigenvalue weighted by Crippen LogP contribution is -2.35. The quantitative estimate of drug-likeness (QED) is 0.826. The van der Waals surface area contributed by atoms with Crippen molar-refractivity contribution in [3.63, 3.8) is 0 Å². The van der Waals surface area contributed by atoms with Gasteiger partial charge in [0.1, 0.15) is 0 Å². The van der Waals surface area contributed by atoms with Gasteiger partial charge in [-0.25, -0.2) is 4.79 Å². The number of carbonyl (C=O) groups excluding carboxylic acids is 1. The van der Waals surface area contributed by atoms with Crippen LogP contribution in [0.4, 0.5) is 5.69 Å². The van der Waals surface area contributed by atoms with Crippen LogP contribution in [0, 0.1) is 5.92 Å². The summed E-state index contributed by atoms with van der Waals surface area (Å²) in [6.07, 6.45) is 4.76. The molecule has 1 heterocycles. The van der Waals surface area contributed by atoms with Crippen LogP contribution in [0.1, 0.15) is 40.5 Å². The van der Waals surface area contributed by atoms with Crippen LogP contribution in [0.2, 0.25) is 0 Å². The smallest absolute Gasteiger partial charge is 0.331 e. The van der Waals surface area contributed by atoms with Crippen molar-refractivity contribution >= 4 is 17.6 Å². The molecule has 106 valence electrons. The lowest BCUT2D eigenvalue weighted by atomic mass is 10.1. The zero-order valence-corrected chi connectivity index (χ0v) is 11.8. The number of anilines is 1. The van der Waals surface area contributed by atoms with Crippen LogP contribution in [0.25, 0.3) is 0 Å². The molecule has 0 aromatic carbocycles. The van der Waals surface area contributed by atoms with Crippen molar-refractivity contribution in [2.75, 3.05) is 5.32 Å². The van der Waals surface area contributed by atoms with Crippen molar-refractivity contribution in [3.05, 3.63) is 12.4 Å². The van der Waals surface area contributed by atoms with Crippen molar-refractivity contribution in [3.8, 4) is 0 Å². The molecule has 0 bridgehead atoms. The average molecular weight is 267 g/mol. The van der Waals surface area contributed by atoms with E-state index < -0.39 is 11.5 Å². The highest BCUT2D eigenvalue weighted by Crippen LogP contribution is 2.18. The normalized spacial score (nSPS) is 13.1. The number of hydrogen-bond acceptors (Lipinski definition) is 3. The highest BCUT2D eigenvalue weighted by molar-refractivity contribution is 5.92. The van der Waals surface area contributed by atoms with Crippen LogP contribution in [-0.4, -0.2) is 26.8 Å². The molecule has 1 rings (SSSR count). The number of carboxylic acid groups (broad SMARTS) is 1. The highest BCUT2D eigenvalue weighted by Gasteiger charge is 2.30. The molecule has 0 saturated carbocycles. The summed E-state index contributed by atoms with van der Waals surface area (Å²) in [6.45, 7) is 6.99. The fourth-order valence-electron chi connectivity index (χ4n) is 1.62. The van der Waals surface area contributed by atoms with Gasteiger partial charge in [0.25, 0.3) is 0 Å². The summed E-state index contributed by atoms with van der Waals surface area (Å²) >= 11 is 0. The minimum Gasteiger partial charge on any atom is -0.479 e. The van der Waals surface area contributed by atoms with Gasteiger partial charge in [-0.1, -0.05) is 20.3 Å². The second kappa shape index (κ2) is 5.86. The van der Waals surface area contributed by atoms with Crippen molar-refractivity contribution in [1.29, 1.82) is 0 Å². The maximum atomic E-state index is 11.8. The summed E-state index contributed by atoms with van der Waals surface area (Å²) < 4.78 is 1.33. The second-order valence-corrected chi connectivity index (χ2v) is 5.22. The third-order valence-corrected chi connectivity index (χ3v) is 3.12. The Bertz CT molecular complexity index is 465. The van der Waals surface area contributed by atoms with Gasteiger partial charge in [0, 0.05) is 12.1 Å². The molecule has 1 aromatic heterocycles. The summed E-state index contributed by atoms with van der Waals surface area (Å²) in [5.74, 6) is -1.12. The predicted octanol–water partition coefficient (Wildman–Crippen LogP) is 2.08. The Labute approximate surface area is 112 Å². The fourth-order valence-corrected chi connectivity index (χ4v) is 1.62. The monoisotopic (exact) mass is 267 g/mol. The van der Waals surface area contributed by atoms with E-state index in [0.29, 0.717) is 5.69 Å². The van der Waals surface area contributed by atoms with E-state index in [1.165, 1.54) is 17.1 Å². The number of aliphatic carboxylic acids is 1. The van der Waals surface area contributed by atoms with Gasteiger partial charge >= 0.3 is 5.97 Å². The van der Waals surface area contributed by atoms with E-state index in [1.807, 2.05) is 13.8 Å². The summed E-state index contributed by atoms with van der Waals surface area (Å²) in [5, 5.41) is 15.8. The number of carboxylic acids is 1. The number of rotatable bonds is 6. The van der Waals surface area contributed by atoms with Crippen molar-refractivity contribution < 1.29 is 14.7 Å². The molecule has 0 aliphatic rings. The Morgan fingerprint density at radius 1 is 1.53 bits per heavy atom. The Hall–Kier alpha value is -1.85. The molecular weight excluding hydrogens is 246 g/mol. The topological polar surface area (TPSA) is 84.2 Å². The third kappa shape index (κ3) is 3.56. The maximum Gasteiger partial charge on any atom is 0.331 e. The Morgan fingerprint density at radius 3 is 2.68 bits per heavy atom. The number of hydrogen-bond donors (Lipinski definition) is 2. The Morgan fingerprint density at radius 2 is 2.16 bits per heavy atom. The molecule has 1 aromatic rings. The van der Waals surface area contributed by atoms with Crippen LogP contribution in [-0.2, 0) is 15.1 Å². The minimum atomic E-state index is -1.14. The lowest BCUT2D eigenvalue weighted by Gasteiger charge is -2.19. The molecular formula is C13H21N3O3. The average Bonchev–Trinajstić information content (AvgIpc) is 2.78. The first-order chi connectivity index (χ1) is 8.78. The van der Waals surface area contributed by atoms with Gasteiger partial charge in [0.2, 0.25) is 5.91 Å². The van der Waals surface area contributed by atoms with Gasteiger partial charge in [0.15, 0.2) is 5.54 Å². The predicted molar refractivity (Wildman–Crippen MR) is 71.9 cm³/mol. The lowest BCUT2D eigenvalue weighted by molar-refractivity contribution is -0.146. The molecule has 6 heteroatoms. The van der Waals surface area contributed by atoms with Gasteiger partial charge in [-0.15, -0.1) is 0 Å². The maximum absolute atomic E-state index is 11.8. The van der Waals surface area contributed by atoms with Gasteiger partial charge in [0.05, 0.1) is 11.9 Å². The minimum absolute atomic E-state index is 0.0687. The first-order valence-electron chi connectivity index (χ1n) is 6.38. The zero-order valence-electron chi connectivity index (χ0n) is 11.8. The number of amides is 1. The standard InChI is InChI=1S/C13H21N3O3/c1-5-6-9(2)11(17)15-10-7-14-16(8-10)13(3,4)12(18)19/h7-9H,5-6H2,1-4H3,(H,15,17)(H,18,19). The molecule has 0 spiro atoms. The zero-order chi connectivity index (χ0) is 14.6. The summed E-state index contributed by atoms with van der Waals surface area (Å²) in [6, 6.07) is 0. The van der Waals surface area contributed by atoms with Crippen LogP contribution >= 0.6 is 0 Å². The SMILES string of the molecule is CCCC(C)C(=O)Nc1cnn(C(C)(C)C(=O)O)c1. The molecule has 6 nitrogen and oxygen atoms in total. The van der Waals surface area contributed by atoms with E-state index in [0.717, 1.165) is 12.8 Å². The van der Waals surface area contributed by atoms with Gasteiger partial charge in [-0.2, -0.15) is 5.10 Å². The summed E-state index contributed by atoms with van der Waals surface area (Å²) in [7, 11) is 0. The Kier molecular flexibility index (Phi) is 4.69. The molecule has 19 heavy (non-hydrogen) atoms. The molecule has 1 unspecified atom stereocenters. The molecule has 0 radical (unpaired) electrons. The number of carbonyl (C=O) groups is 2. The fraction of sp³-hybridized carbons (Fsp3) is 0.615. The van der Waals surface area contributed by atoms with Crippen molar-refractivity contribution in [2.24, 2.45) is 5.92 Å². The first kappa shape index (κ1) is 15.2. The van der Waals surface area contributed by atoms with Gasteiger partial charge in [-0.3, -0.25) is 9.48 Å². The van der Waals surface area contributed by atoms with Crippen molar-refractivity contribution in [1.82, 2.24) is 9.78 Å².